The number of benzene rings is 1. The van der Waals surface area contributed by atoms with Gasteiger partial charge in [-0.2, -0.15) is 0 Å². The minimum Gasteiger partial charge on any atom is -0.384 e. The van der Waals surface area contributed by atoms with Crippen molar-refractivity contribution in [3.63, 3.8) is 0 Å². The van der Waals surface area contributed by atoms with Crippen LogP contribution in [0.4, 0.5) is 14.5 Å². The van der Waals surface area contributed by atoms with Gasteiger partial charge in [-0.1, -0.05) is 18.5 Å². The van der Waals surface area contributed by atoms with Crippen LogP contribution in [0.2, 0.25) is 5.02 Å². The third kappa shape index (κ3) is 2.95. The Hall–Kier alpha value is -1.42. The van der Waals surface area contributed by atoms with Gasteiger partial charge in [0.25, 0.3) is 6.43 Å². The van der Waals surface area contributed by atoms with Gasteiger partial charge in [0.1, 0.15) is 5.69 Å². The van der Waals surface area contributed by atoms with E-state index in [2.05, 4.69) is 10.3 Å². The van der Waals surface area contributed by atoms with Crippen LogP contribution in [0.1, 0.15) is 31.0 Å². The lowest BCUT2D eigenvalue weighted by molar-refractivity contribution is 0.146. The molecule has 0 saturated carbocycles. The molecule has 0 fully saturated rings. The number of nitrogens with one attached hydrogen (secondary N) is 1. The molecule has 0 aliphatic heterocycles. The number of anilines is 1. The summed E-state index contributed by atoms with van der Waals surface area (Å²) < 4.78 is 25.7. The van der Waals surface area contributed by atoms with E-state index in [1.165, 1.54) is 6.07 Å². The molecule has 19 heavy (non-hydrogen) atoms. The van der Waals surface area contributed by atoms with E-state index >= 15 is 0 Å². The Morgan fingerprint density at radius 3 is 2.68 bits per heavy atom. The number of alkyl halides is 2. The van der Waals surface area contributed by atoms with Crippen molar-refractivity contribution in [2.24, 2.45) is 0 Å². The van der Waals surface area contributed by atoms with E-state index in [1.54, 1.807) is 6.07 Å². The molecule has 0 saturated heterocycles. The van der Waals surface area contributed by atoms with E-state index < -0.39 is 6.43 Å². The maximum Gasteiger partial charge on any atom is 0.280 e. The first-order valence-electron chi connectivity index (χ1n) is 6.15. The van der Waals surface area contributed by atoms with Gasteiger partial charge >= 0.3 is 0 Å². The summed E-state index contributed by atoms with van der Waals surface area (Å²) in [6.07, 6.45) is -1.70. The summed E-state index contributed by atoms with van der Waals surface area (Å²) in [5.74, 6) is 0. The van der Waals surface area contributed by atoms with Crippen molar-refractivity contribution < 1.29 is 8.78 Å². The molecule has 5 heteroatoms. The van der Waals surface area contributed by atoms with Crippen molar-refractivity contribution in [3.8, 4) is 0 Å². The Bertz CT molecular complexity index is 600. The largest absolute Gasteiger partial charge is 0.384 e. The fourth-order valence-electron chi connectivity index (χ4n) is 1.96. The van der Waals surface area contributed by atoms with Gasteiger partial charge in [0.05, 0.1) is 10.5 Å². The van der Waals surface area contributed by atoms with Gasteiger partial charge in [0.2, 0.25) is 0 Å². The number of hydrogen-bond acceptors (Lipinski definition) is 2. The van der Waals surface area contributed by atoms with E-state index in [9.17, 15) is 8.78 Å². The third-order valence-electron chi connectivity index (χ3n) is 2.82. The number of pyridine rings is 1. The van der Waals surface area contributed by atoms with Crippen LogP contribution in [0.5, 0.6) is 0 Å². The Labute approximate surface area is 115 Å². The normalized spacial score (nSPS) is 11.3. The third-order valence-corrected chi connectivity index (χ3v) is 3.11. The molecule has 1 aromatic heterocycles. The second-order valence-electron chi connectivity index (χ2n) is 4.47. The molecular weight excluding hydrogens is 270 g/mol. The average molecular weight is 285 g/mol. The second-order valence-corrected chi connectivity index (χ2v) is 4.87. The highest BCUT2D eigenvalue weighted by Gasteiger charge is 2.15. The Kier molecular flexibility index (Phi) is 4.20. The fraction of sp³-hybridized carbons (Fsp3) is 0.357. The summed E-state index contributed by atoms with van der Waals surface area (Å²) in [5.41, 5.74) is 1.80. The van der Waals surface area contributed by atoms with Gasteiger partial charge in [0, 0.05) is 17.6 Å². The summed E-state index contributed by atoms with van der Waals surface area (Å²) in [4.78, 5) is 3.96. The van der Waals surface area contributed by atoms with Crippen LogP contribution in [0.25, 0.3) is 10.9 Å². The summed E-state index contributed by atoms with van der Waals surface area (Å²) in [6, 6.07) is 5.04. The maximum atomic E-state index is 12.9. The Morgan fingerprint density at radius 2 is 2.05 bits per heavy atom. The van der Waals surface area contributed by atoms with Crippen molar-refractivity contribution in [1.29, 1.82) is 0 Å². The standard InChI is InChI=1S/C14H15ClF2N2/c1-3-4-18-11-7-12(14(16)17)19-13-9(11)5-8(2)6-10(13)15/h5-7,14H,3-4H2,1-2H3,(H,18,19). The molecule has 2 nitrogen and oxygen atoms in total. The zero-order valence-corrected chi connectivity index (χ0v) is 11.6. The molecule has 2 rings (SSSR count). The highest BCUT2D eigenvalue weighted by molar-refractivity contribution is 6.35. The van der Waals surface area contributed by atoms with E-state index in [1.807, 2.05) is 19.9 Å². The zero-order valence-electron chi connectivity index (χ0n) is 10.8. The van der Waals surface area contributed by atoms with Gasteiger partial charge in [0.15, 0.2) is 0 Å². The van der Waals surface area contributed by atoms with Gasteiger partial charge < -0.3 is 5.32 Å². The molecule has 2 aromatic rings. The van der Waals surface area contributed by atoms with Gasteiger partial charge in [-0.25, -0.2) is 13.8 Å². The molecule has 1 aromatic carbocycles. The fourth-order valence-corrected chi connectivity index (χ4v) is 2.27. The summed E-state index contributed by atoms with van der Waals surface area (Å²) in [5, 5.41) is 4.34. The number of rotatable bonds is 4. The molecule has 0 amide bonds. The molecule has 1 heterocycles. The molecule has 0 unspecified atom stereocenters. The Balaban J connectivity index is 2.67. The number of halogens is 3. The van der Waals surface area contributed by atoms with Crippen molar-refractivity contribution in [3.05, 3.63) is 34.5 Å². The molecule has 102 valence electrons. The van der Waals surface area contributed by atoms with Crippen molar-refractivity contribution >= 4 is 28.2 Å². The lowest BCUT2D eigenvalue weighted by atomic mass is 10.1. The highest BCUT2D eigenvalue weighted by atomic mass is 35.5. The van der Waals surface area contributed by atoms with Crippen molar-refractivity contribution in [2.75, 3.05) is 11.9 Å². The molecule has 0 atom stereocenters. The van der Waals surface area contributed by atoms with Crippen LogP contribution < -0.4 is 5.32 Å². The van der Waals surface area contributed by atoms with Crippen LogP contribution in [0.3, 0.4) is 0 Å². The van der Waals surface area contributed by atoms with E-state index in [4.69, 9.17) is 11.6 Å². The van der Waals surface area contributed by atoms with Crippen LogP contribution in [0, 0.1) is 6.92 Å². The summed E-state index contributed by atoms with van der Waals surface area (Å²) >= 11 is 6.11. The number of hydrogen-bond donors (Lipinski definition) is 1. The average Bonchev–Trinajstić information content (AvgIpc) is 2.35. The van der Waals surface area contributed by atoms with Crippen LogP contribution in [0.15, 0.2) is 18.2 Å². The molecule has 0 aliphatic carbocycles. The quantitative estimate of drug-likeness (QED) is 0.858. The first-order valence-corrected chi connectivity index (χ1v) is 6.53. The second kappa shape index (κ2) is 5.70. The van der Waals surface area contributed by atoms with Crippen molar-refractivity contribution in [2.45, 2.75) is 26.7 Å². The number of nitrogens with zero attached hydrogens (tertiary/aromatic N) is 1. The first kappa shape index (κ1) is 14.0. The topological polar surface area (TPSA) is 24.9 Å². The molecule has 1 N–H and O–H groups in total. The summed E-state index contributed by atoms with van der Waals surface area (Å²) in [7, 11) is 0. The molecule has 0 bridgehead atoms. The van der Waals surface area contributed by atoms with Crippen LogP contribution in [-0.4, -0.2) is 11.5 Å². The minimum absolute atomic E-state index is 0.253. The number of aryl methyl sites for hydroxylation is 1. The van der Waals surface area contributed by atoms with E-state index in [-0.39, 0.29) is 5.69 Å². The predicted octanol–water partition coefficient (Wildman–Crippen LogP) is 4.96. The van der Waals surface area contributed by atoms with Crippen molar-refractivity contribution in [1.82, 2.24) is 4.98 Å². The maximum absolute atomic E-state index is 12.9. The van der Waals surface area contributed by atoms with Gasteiger partial charge in [-0.05, 0) is 37.1 Å². The van der Waals surface area contributed by atoms with Crippen LogP contribution in [-0.2, 0) is 0 Å². The first-order chi connectivity index (χ1) is 9.02. The van der Waals surface area contributed by atoms with Gasteiger partial charge in [-0.3, -0.25) is 0 Å². The SMILES string of the molecule is CCCNc1cc(C(F)F)nc2c(Cl)cc(C)cc12. The zero-order chi connectivity index (χ0) is 14.0. The summed E-state index contributed by atoms with van der Waals surface area (Å²) in [6.45, 7) is 4.64. The lowest BCUT2D eigenvalue weighted by Crippen LogP contribution is -2.03. The lowest BCUT2D eigenvalue weighted by Gasteiger charge is -2.12. The number of aromatic nitrogens is 1. The minimum atomic E-state index is -2.61. The van der Waals surface area contributed by atoms with E-state index in [0.717, 1.165) is 17.4 Å². The predicted molar refractivity (Wildman–Crippen MR) is 75.2 cm³/mol. The Morgan fingerprint density at radius 1 is 1.32 bits per heavy atom. The highest BCUT2D eigenvalue weighted by Crippen LogP contribution is 2.32. The van der Waals surface area contributed by atoms with E-state index in [0.29, 0.717) is 22.8 Å². The monoisotopic (exact) mass is 284 g/mol. The molecule has 0 radical (unpaired) electrons. The molecule has 0 aliphatic rings. The smallest absolute Gasteiger partial charge is 0.280 e. The van der Waals surface area contributed by atoms with Gasteiger partial charge in [-0.15, -0.1) is 0 Å². The van der Waals surface area contributed by atoms with Crippen LogP contribution >= 0.6 is 11.6 Å². The number of fused-ring (bicyclic) bond motifs is 1. The molecular formula is C14H15ClF2N2. The molecule has 0 spiro atoms.